The number of rotatable bonds is 4. The maximum Gasteiger partial charge on any atom is 0.390 e. The van der Waals surface area contributed by atoms with Gasteiger partial charge in [0.05, 0.1) is 19.8 Å². The van der Waals surface area contributed by atoms with Gasteiger partial charge in [0.15, 0.2) is 0 Å². The van der Waals surface area contributed by atoms with Crippen molar-refractivity contribution >= 4 is 11.9 Å². The minimum absolute atomic E-state index is 0.0897. The summed E-state index contributed by atoms with van der Waals surface area (Å²) in [6, 6.07) is -0.683. The standard InChI is InChI=1S/C9H15NO2.C8H11NO2.C6H11N/c1-6-12-8(11)7(10-5)9(2,3)4;1-5-11-8(10)7(9-4)6(2)3;1-6(2,3)5-7-4/h7H,6H2,1-4H3;5H2,1-3H3;5H2,1-3H3. The van der Waals surface area contributed by atoms with Gasteiger partial charge in [-0.3, -0.25) is 4.79 Å². The Bertz CT molecular complexity index is 686. The van der Waals surface area contributed by atoms with Crippen LogP contribution in [0, 0.1) is 30.5 Å². The summed E-state index contributed by atoms with van der Waals surface area (Å²) in [4.78, 5) is 31.7. The molecule has 7 nitrogen and oxygen atoms in total. The summed E-state index contributed by atoms with van der Waals surface area (Å²) < 4.78 is 9.41. The van der Waals surface area contributed by atoms with Crippen molar-refractivity contribution in [3.63, 3.8) is 0 Å². The van der Waals surface area contributed by atoms with Gasteiger partial charge in [-0.05, 0) is 13.8 Å². The number of hydrogen-bond acceptors (Lipinski definition) is 4. The van der Waals surface area contributed by atoms with E-state index in [1.54, 1.807) is 27.7 Å². The summed E-state index contributed by atoms with van der Waals surface area (Å²) in [5, 5.41) is 0. The zero-order valence-corrected chi connectivity index (χ0v) is 20.2. The third-order valence-corrected chi connectivity index (χ3v) is 3.07. The van der Waals surface area contributed by atoms with Crippen LogP contribution in [0.5, 0.6) is 0 Å². The van der Waals surface area contributed by atoms with Crippen LogP contribution in [-0.2, 0) is 19.1 Å². The fourth-order valence-electron chi connectivity index (χ4n) is 1.62. The van der Waals surface area contributed by atoms with Crippen LogP contribution < -0.4 is 0 Å². The summed E-state index contributed by atoms with van der Waals surface area (Å²) in [6.45, 7) is 39.9. The van der Waals surface area contributed by atoms with Crippen LogP contribution in [0.3, 0.4) is 0 Å². The lowest BCUT2D eigenvalue weighted by Gasteiger charge is -2.18. The van der Waals surface area contributed by atoms with Gasteiger partial charge in [-0.25, -0.2) is 22.8 Å². The SMILES string of the molecule is [C-]#[N+]C(C(=O)OCC)=C(C)C.[C-]#[N+]C(C(=O)OCC)C(C)(C)C.[C-]#[N+]CC(C)(C)C. The van der Waals surface area contributed by atoms with Crippen LogP contribution in [0.2, 0.25) is 0 Å². The Kier molecular flexibility index (Phi) is 17.0. The van der Waals surface area contributed by atoms with E-state index in [1.165, 1.54) is 0 Å². The van der Waals surface area contributed by atoms with Gasteiger partial charge in [0.2, 0.25) is 6.54 Å². The molecule has 0 aliphatic rings. The smallest absolute Gasteiger partial charge is 0.390 e. The number of nitrogens with zero attached hydrogens (tertiary/aromatic N) is 3. The summed E-state index contributed by atoms with van der Waals surface area (Å²) in [6.07, 6.45) is 0. The Labute approximate surface area is 182 Å². The highest BCUT2D eigenvalue weighted by Crippen LogP contribution is 2.23. The second-order valence-corrected chi connectivity index (χ2v) is 8.71. The van der Waals surface area contributed by atoms with Crippen molar-refractivity contribution in [3.8, 4) is 0 Å². The maximum absolute atomic E-state index is 11.2. The molecule has 7 heteroatoms. The lowest BCUT2D eigenvalue weighted by atomic mass is 9.87. The van der Waals surface area contributed by atoms with Crippen LogP contribution in [0.25, 0.3) is 14.5 Å². The number of hydrogen-bond donors (Lipinski definition) is 0. The molecule has 1 unspecified atom stereocenters. The molecule has 0 aliphatic heterocycles. The Morgan fingerprint density at radius 2 is 1.37 bits per heavy atom. The lowest BCUT2D eigenvalue weighted by Crippen LogP contribution is -2.33. The van der Waals surface area contributed by atoms with Gasteiger partial charge in [-0.15, -0.1) is 0 Å². The second-order valence-electron chi connectivity index (χ2n) is 8.71. The molecule has 0 aromatic heterocycles. The van der Waals surface area contributed by atoms with Crippen molar-refractivity contribution in [2.24, 2.45) is 10.8 Å². The van der Waals surface area contributed by atoms with Gasteiger partial charge in [0, 0.05) is 10.8 Å². The predicted molar refractivity (Wildman–Crippen MR) is 119 cm³/mol. The largest absolute Gasteiger partial charge is 0.471 e. The summed E-state index contributed by atoms with van der Waals surface area (Å²) in [7, 11) is 0. The fraction of sp³-hybridized carbons (Fsp3) is 0.696. The first kappa shape index (κ1) is 31.8. The lowest BCUT2D eigenvalue weighted by molar-refractivity contribution is -0.145. The highest BCUT2D eigenvalue weighted by atomic mass is 16.5. The van der Waals surface area contributed by atoms with E-state index < -0.39 is 18.0 Å². The van der Waals surface area contributed by atoms with E-state index in [2.05, 4.69) is 40.0 Å². The van der Waals surface area contributed by atoms with E-state index >= 15 is 0 Å². The Balaban J connectivity index is -0.000000378. The molecule has 0 bridgehead atoms. The fourth-order valence-corrected chi connectivity index (χ4v) is 1.62. The van der Waals surface area contributed by atoms with Crippen molar-refractivity contribution < 1.29 is 19.1 Å². The van der Waals surface area contributed by atoms with Gasteiger partial charge in [0.1, 0.15) is 0 Å². The minimum atomic E-state index is -0.683. The molecule has 30 heavy (non-hydrogen) atoms. The van der Waals surface area contributed by atoms with Crippen molar-refractivity contribution in [2.45, 2.75) is 75.3 Å². The number of ether oxygens (including phenoxy) is 2. The number of carbonyl (C=O) groups excluding carboxylic acids is 2. The van der Waals surface area contributed by atoms with Gasteiger partial charge in [-0.2, -0.15) is 0 Å². The molecule has 0 aromatic carbocycles. The molecule has 0 fully saturated rings. The van der Waals surface area contributed by atoms with Crippen LogP contribution in [0.1, 0.15) is 69.2 Å². The van der Waals surface area contributed by atoms with Crippen molar-refractivity contribution in [1.29, 1.82) is 0 Å². The molecule has 0 saturated carbocycles. The monoisotopic (exact) mass is 419 g/mol. The molecule has 0 saturated heterocycles. The molecule has 0 aromatic rings. The van der Waals surface area contributed by atoms with E-state index in [0.717, 1.165) is 0 Å². The first-order valence-electron chi connectivity index (χ1n) is 9.71. The van der Waals surface area contributed by atoms with E-state index in [-0.39, 0.29) is 16.5 Å². The highest BCUT2D eigenvalue weighted by molar-refractivity contribution is 5.91. The Morgan fingerprint density at radius 3 is 1.57 bits per heavy atom. The Hall–Kier alpha value is -2.85. The molecule has 0 N–H and O–H groups in total. The molecule has 168 valence electrons. The van der Waals surface area contributed by atoms with Gasteiger partial charge < -0.3 is 19.2 Å². The molecule has 0 spiro atoms. The quantitative estimate of drug-likeness (QED) is 0.338. The maximum atomic E-state index is 11.2. The first-order valence-corrected chi connectivity index (χ1v) is 9.71. The molecular formula is C23H37N3O4. The van der Waals surface area contributed by atoms with Gasteiger partial charge in [0.25, 0.3) is 5.70 Å². The summed E-state index contributed by atoms with van der Waals surface area (Å²) in [5.74, 6) is -0.942. The predicted octanol–water partition coefficient (Wildman–Crippen LogP) is 5.60. The van der Waals surface area contributed by atoms with Gasteiger partial charge in [-0.1, -0.05) is 61.0 Å². The number of esters is 2. The molecule has 0 radical (unpaired) electrons. The van der Waals surface area contributed by atoms with E-state index in [9.17, 15) is 9.59 Å². The zero-order chi connectivity index (χ0) is 24.5. The average molecular weight is 420 g/mol. The third kappa shape index (κ3) is 17.3. The van der Waals surface area contributed by atoms with E-state index in [0.29, 0.717) is 25.3 Å². The van der Waals surface area contributed by atoms with Crippen molar-refractivity contribution in [1.82, 2.24) is 0 Å². The average Bonchev–Trinajstić information content (AvgIpc) is 2.55. The molecule has 1 atom stereocenters. The summed E-state index contributed by atoms with van der Waals surface area (Å²) >= 11 is 0. The molecule has 0 heterocycles. The Morgan fingerprint density at radius 1 is 0.900 bits per heavy atom. The van der Waals surface area contributed by atoms with Crippen LogP contribution in [0.4, 0.5) is 0 Å². The highest BCUT2D eigenvalue weighted by Gasteiger charge is 2.38. The van der Waals surface area contributed by atoms with Crippen molar-refractivity contribution in [3.05, 3.63) is 45.5 Å². The topological polar surface area (TPSA) is 65.7 Å². The van der Waals surface area contributed by atoms with E-state index in [4.69, 9.17) is 24.5 Å². The third-order valence-electron chi connectivity index (χ3n) is 3.07. The van der Waals surface area contributed by atoms with Crippen molar-refractivity contribution in [2.75, 3.05) is 19.8 Å². The molecule has 0 rings (SSSR count). The molecular weight excluding hydrogens is 382 g/mol. The minimum Gasteiger partial charge on any atom is -0.471 e. The van der Waals surface area contributed by atoms with Gasteiger partial charge >= 0.3 is 18.0 Å². The number of allylic oxidation sites excluding steroid dienone is 1. The zero-order valence-electron chi connectivity index (χ0n) is 20.2. The number of carbonyl (C=O) groups is 2. The van der Waals surface area contributed by atoms with Crippen LogP contribution >= 0.6 is 0 Å². The normalized spacial score (nSPS) is 10.8. The molecule has 0 aliphatic carbocycles. The van der Waals surface area contributed by atoms with E-state index in [1.807, 2.05) is 20.8 Å². The first-order chi connectivity index (χ1) is 13.6. The molecule has 0 amide bonds. The van der Waals surface area contributed by atoms with Crippen LogP contribution in [-0.4, -0.2) is 37.7 Å². The van der Waals surface area contributed by atoms with Crippen LogP contribution in [0.15, 0.2) is 11.3 Å². The summed E-state index contributed by atoms with van der Waals surface area (Å²) in [5.41, 5.74) is 0.640. The second kappa shape index (κ2) is 16.0.